The van der Waals surface area contributed by atoms with Crippen molar-refractivity contribution in [1.82, 2.24) is 19.5 Å². The van der Waals surface area contributed by atoms with Crippen LogP contribution in [0.5, 0.6) is 0 Å². The number of aromatic nitrogens is 4. The largest absolute Gasteiger partial charge is 0.475 e. The van der Waals surface area contributed by atoms with Crippen LogP contribution in [0.15, 0.2) is 134 Å². The highest BCUT2D eigenvalue weighted by Gasteiger charge is 2.54. The number of fused-ring (bicyclic) bond motifs is 1. The number of nitrogens with zero attached hydrogens (tertiary/aromatic N) is 4. The normalized spacial score (nSPS) is 23.0. The van der Waals surface area contributed by atoms with Gasteiger partial charge in [0.05, 0.1) is 57.2 Å². The van der Waals surface area contributed by atoms with Crippen LogP contribution in [0, 0.1) is 0 Å². The van der Waals surface area contributed by atoms with Crippen LogP contribution in [0.1, 0.15) is 70.0 Å². The molecule has 0 amide bonds. The Morgan fingerprint density at radius 2 is 1.06 bits per heavy atom. The van der Waals surface area contributed by atoms with Crippen LogP contribution < -0.4 is 5.73 Å². The first-order valence-corrected chi connectivity index (χ1v) is 26.5. The number of hydrogen-bond donors (Lipinski definition) is 2. The molecular weight excluding hydrogens is 969 g/mol. The van der Waals surface area contributed by atoms with Crippen molar-refractivity contribution in [3.05, 3.63) is 156 Å². The Labute approximate surface area is 419 Å². The summed E-state index contributed by atoms with van der Waals surface area (Å²) in [6.07, 6.45) is -6.82. The molecule has 8 atom stereocenters. The minimum Gasteiger partial charge on any atom is -0.387 e. The summed E-state index contributed by atoms with van der Waals surface area (Å²) in [5.41, 5.74) is 8.07. The molecule has 2 saturated heterocycles. The van der Waals surface area contributed by atoms with Crippen LogP contribution in [-0.2, 0) is 86.4 Å². The van der Waals surface area contributed by atoms with Gasteiger partial charge >= 0.3 is 15.6 Å². The third-order valence-corrected chi connectivity index (χ3v) is 14.5. The molecule has 2 aromatic heterocycles. The number of anilines is 1. The van der Waals surface area contributed by atoms with Crippen LogP contribution in [0.2, 0.25) is 0 Å². The molecule has 0 saturated carbocycles. The van der Waals surface area contributed by atoms with Gasteiger partial charge in [0, 0.05) is 0 Å². The Bertz CT molecular complexity index is 2670. The maximum absolute atomic E-state index is 14.5. The van der Waals surface area contributed by atoms with Crippen molar-refractivity contribution >= 4 is 32.6 Å². The van der Waals surface area contributed by atoms with Gasteiger partial charge in [0.15, 0.2) is 24.0 Å². The molecule has 21 heteroatoms. The molecule has 0 bridgehead atoms. The predicted molar refractivity (Wildman–Crippen MR) is 264 cm³/mol. The number of nitrogens with two attached hydrogens (primary N) is 1. The SMILES string of the molecule is CC(C)(C)OP(=O)(OC[C@H]1O[C@H](OC2[C@@H](O)[C@@H](COP(=O)(OCc3ccccc3)OCc3ccccc3)O[C@H]2n2cnc3c(N)ncnc32)C(OCc2ccccc2)C1OCc1ccccc1)OC(C)(C)C. The molecule has 3 N–H and O–H groups in total. The van der Waals surface area contributed by atoms with Crippen molar-refractivity contribution in [3.8, 4) is 0 Å². The van der Waals surface area contributed by atoms with Crippen molar-refractivity contribution in [2.24, 2.45) is 0 Å². The van der Waals surface area contributed by atoms with Crippen molar-refractivity contribution in [1.29, 1.82) is 0 Å². The highest BCUT2D eigenvalue weighted by molar-refractivity contribution is 7.48. The number of rotatable bonds is 23. The van der Waals surface area contributed by atoms with E-state index in [0.717, 1.165) is 22.3 Å². The summed E-state index contributed by atoms with van der Waals surface area (Å²) in [5, 5.41) is 12.4. The molecular formula is C51H63N5O14P2. The van der Waals surface area contributed by atoms with Crippen LogP contribution in [0.4, 0.5) is 5.82 Å². The van der Waals surface area contributed by atoms with E-state index in [2.05, 4.69) is 15.0 Å². The molecule has 2 fully saturated rings. The molecule has 6 aromatic rings. The highest BCUT2D eigenvalue weighted by atomic mass is 31.2. The number of benzene rings is 4. The van der Waals surface area contributed by atoms with Gasteiger partial charge < -0.3 is 34.5 Å². The molecule has 2 aliphatic heterocycles. The molecule has 72 heavy (non-hydrogen) atoms. The average Bonchev–Trinajstić information content (AvgIpc) is 4.03. The number of aliphatic hydroxyl groups excluding tert-OH is 1. The summed E-state index contributed by atoms with van der Waals surface area (Å²) in [6, 6.07) is 37.3. The molecule has 4 heterocycles. The zero-order valence-corrected chi connectivity index (χ0v) is 42.9. The van der Waals surface area contributed by atoms with Gasteiger partial charge in [-0.15, -0.1) is 0 Å². The fraction of sp³-hybridized carbons (Fsp3) is 0.431. The molecule has 0 aliphatic carbocycles. The van der Waals surface area contributed by atoms with Gasteiger partial charge in [-0.3, -0.25) is 31.7 Å². The minimum atomic E-state index is -4.36. The Morgan fingerprint density at radius 3 is 1.57 bits per heavy atom. The molecule has 4 aromatic carbocycles. The summed E-state index contributed by atoms with van der Waals surface area (Å²) in [7, 11) is -8.63. The maximum Gasteiger partial charge on any atom is 0.475 e. The summed E-state index contributed by atoms with van der Waals surface area (Å²) >= 11 is 0. The van der Waals surface area contributed by atoms with E-state index in [-0.39, 0.29) is 50.0 Å². The van der Waals surface area contributed by atoms with E-state index in [1.165, 1.54) is 12.7 Å². The van der Waals surface area contributed by atoms with Gasteiger partial charge in [-0.05, 0) is 63.8 Å². The lowest BCUT2D eigenvalue weighted by atomic mass is 10.1. The van der Waals surface area contributed by atoms with Crippen molar-refractivity contribution in [2.45, 2.75) is 128 Å². The van der Waals surface area contributed by atoms with E-state index in [1.807, 2.05) is 121 Å². The number of hydrogen-bond acceptors (Lipinski definition) is 18. The molecule has 19 nitrogen and oxygen atoms in total. The van der Waals surface area contributed by atoms with Crippen LogP contribution in [0.3, 0.4) is 0 Å². The lowest BCUT2D eigenvalue weighted by molar-refractivity contribution is -0.228. The van der Waals surface area contributed by atoms with Crippen molar-refractivity contribution in [3.63, 3.8) is 0 Å². The van der Waals surface area contributed by atoms with E-state index in [9.17, 15) is 14.2 Å². The fourth-order valence-corrected chi connectivity index (χ4v) is 10.9. The summed E-state index contributed by atoms with van der Waals surface area (Å²) in [5.74, 6) is 0.111. The van der Waals surface area contributed by atoms with Gasteiger partial charge in [0.25, 0.3) is 0 Å². The first-order valence-electron chi connectivity index (χ1n) is 23.6. The molecule has 0 radical (unpaired) electrons. The van der Waals surface area contributed by atoms with Crippen LogP contribution in [-0.4, -0.2) is 92.0 Å². The Morgan fingerprint density at radius 1 is 0.583 bits per heavy atom. The minimum absolute atomic E-state index is 0.0967. The van der Waals surface area contributed by atoms with Crippen LogP contribution in [0.25, 0.3) is 11.2 Å². The smallest absolute Gasteiger partial charge is 0.387 e. The fourth-order valence-electron chi connectivity index (χ4n) is 7.92. The van der Waals surface area contributed by atoms with Gasteiger partial charge in [-0.25, -0.2) is 24.1 Å². The van der Waals surface area contributed by atoms with E-state index >= 15 is 0 Å². The van der Waals surface area contributed by atoms with Crippen molar-refractivity contribution in [2.75, 3.05) is 18.9 Å². The third kappa shape index (κ3) is 14.5. The second-order valence-corrected chi connectivity index (χ2v) is 22.4. The van der Waals surface area contributed by atoms with Gasteiger partial charge in [0.1, 0.15) is 48.5 Å². The van der Waals surface area contributed by atoms with Gasteiger partial charge in [-0.1, -0.05) is 121 Å². The number of phosphoric acid groups is 2. The highest BCUT2D eigenvalue weighted by Crippen LogP contribution is 2.56. The van der Waals surface area contributed by atoms with E-state index < -0.39 is 82.6 Å². The van der Waals surface area contributed by atoms with E-state index in [4.69, 9.17) is 56.6 Å². The quantitative estimate of drug-likeness (QED) is 0.0570. The molecule has 3 unspecified atom stereocenters. The second-order valence-electron chi connectivity index (χ2n) is 19.2. The van der Waals surface area contributed by atoms with Gasteiger partial charge in [0.2, 0.25) is 0 Å². The molecule has 0 spiro atoms. The summed E-state index contributed by atoms with van der Waals surface area (Å²) in [6.45, 7) is 9.63. The Kier molecular flexibility index (Phi) is 17.5. The number of ether oxygens (including phenoxy) is 5. The number of imidazole rings is 1. The number of aliphatic hydroxyl groups is 1. The monoisotopic (exact) mass is 1030 g/mol. The summed E-state index contributed by atoms with van der Waals surface area (Å²) < 4.78 is 99.9. The van der Waals surface area contributed by atoms with Crippen LogP contribution >= 0.6 is 15.6 Å². The zero-order chi connectivity index (χ0) is 50.9. The van der Waals surface area contributed by atoms with Crippen molar-refractivity contribution < 1.29 is 65.1 Å². The molecule has 8 rings (SSSR count). The lowest BCUT2D eigenvalue weighted by Crippen LogP contribution is -2.44. The topological polar surface area (TPSA) is 226 Å². The number of phosphoric ester groups is 2. The number of nitrogen functional groups attached to an aromatic ring is 1. The Hall–Kier alpha value is -4.79. The average molecular weight is 1030 g/mol. The molecule has 2 aliphatic rings. The van der Waals surface area contributed by atoms with E-state index in [0.29, 0.717) is 0 Å². The lowest BCUT2D eigenvalue weighted by Gasteiger charge is -2.32. The van der Waals surface area contributed by atoms with Gasteiger partial charge in [-0.2, -0.15) is 0 Å². The maximum atomic E-state index is 14.5. The predicted octanol–water partition coefficient (Wildman–Crippen LogP) is 9.26. The first kappa shape index (κ1) is 53.5. The Balaban J connectivity index is 1.11. The first-order chi connectivity index (χ1) is 34.4. The standard InChI is InChI=1S/C51H63N5O14P2/c1-50(2,3)69-72(59,70-51(4,5)6)65-32-40-43(60-27-35-19-11-7-12-20-35)45(61-28-36-21-13-8-14-22-36)49(67-40)68-44-42(57)39(66-48(44)56-34-55-41-46(52)53-33-54-47(41)56)31-64-71(58,62-29-37-23-15-9-16-24-37)63-30-38-25-17-10-18-26-38/h7-26,33-34,39-40,42-45,48-49,57H,27-32H2,1-6H3,(H2,52,53,54)/t39-,40-,42+,43?,44?,45?,48-,49-/m1/s1. The second kappa shape index (κ2) is 23.6. The molecule has 386 valence electrons. The summed E-state index contributed by atoms with van der Waals surface area (Å²) in [4.78, 5) is 13.0. The van der Waals surface area contributed by atoms with E-state index in [1.54, 1.807) is 46.1 Å². The third-order valence-electron chi connectivity index (χ3n) is 11.1. The zero-order valence-electron chi connectivity index (χ0n) is 41.1.